The zero-order valence-electron chi connectivity index (χ0n) is 22.8. The predicted molar refractivity (Wildman–Crippen MR) is 151 cm³/mol. The van der Waals surface area contributed by atoms with E-state index in [4.69, 9.17) is 10.5 Å². The number of ether oxygens (including phenoxy) is 1. The summed E-state index contributed by atoms with van der Waals surface area (Å²) in [7, 11) is 0. The van der Waals surface area contributed by atoms with Crippen LogP contribution in [-0.4, -0.2) is 30.2 Å². The minimum Gasteiger partial charge on any atom is -0.478 e. The first-order valence-corrected chi connectivity index (χ1v) is 14.3. The molecule has 5 nitrogen and oxygen atoms in total. The molecule has 0 unspecified atom stereocenters. The number of primary amides is 1. The van der Waals surface area contributed by atoms with Crippen LogP contribution in [0.4, 0.5) is 0 Å². The first-order valence-electron chi connectivity index (χ1n) is 14.3. The lowest BCUT2D eigenvalue weighted by molar-refractivity contribution is -0.122. The van der Waals surface area contributed by atoms with Crippen LogP contribution in [0.25, 0.3) is 11.6 Å². The molecule has 4 bridgehead atoms. The van der Waals surface area contributed by atoms with Gasteiger partial charge in [0, 0.05) is 6.61 Å². The van der Waals surface area contributed by atoms with Crippen LogP contribution in [0.15, 0.2) is 36.4 Å². The number of amides is 1. The summed E-state index contributed by atoms with van der Waals surface area (Å²) in [6.07, 6.45) is 12.9. The Bertz CT molecular complexity index is 1210. The monoisotopic (exact) mass is 515 g/mol. The number of rotatable bonds is 11. The van der Waals surface area contributed by atoms with Gasteiger partial charge in [0.05, 0.1) is 5.56 Å². The Labute approximate surface area is 226 Å². The van der Waals surface area contributed by atoms with Gasteiger partial charge in [-0.2, -0.15) is 0 Å². The zero-order valence-corrected chi connectivity index (χ0v) is 22.8. The highest BCUT2D eigenvalue weighted by Crippen LogP contribution is 2.61. The Morgan fingerprint density at radius 2 is 1.71 bits per heavy atom. The van der Waals surface area contributed by atoms with E-state index in [1.54, 1.807) is 6.07 Å². The van der Waals surface area contributed by atoms with Crippen molar-refractivity contribution in [1.29, 1.82) is 0 Å². The molecule has 0 radical (unpaired) electrons. The van der Waals surface area contributed by atoms with Gasteiger partial charge in [0.2, 0.25) is 5.91 Å². The van der Waals surface area contributed by atoms with Crippen molar-refractivity contribution < 1.29 is 19.4 Å². The Morgan fingerprint density at radius 3 is 2.32 bits per heavy atom. The van der Waals surface area contributed by atoms with Gasteiger partial charge in [0.1, 0.15) is 6.61 Å². The fraction of sp³-hybridized carbons (Fsp3) is 0.515. The quantitative estimate of drug-likeness (QED) is 0.267. The van der Waals surface area contributed by atoms with Crippen molar-refractivity contribution in [3.63, 3.8) is 0 Å². The van der Waals surface area contributed by atoms with Crippen molar-refractivity contribution in [2.75, 3.05) is 13.2 Å². The van der Waals surface area contributed by atoms with Gasteiger partial charge in [-0.1, -0.05) is 43.3 Å². The molecular weight excluding hydrogens is 474 g/mol. The van der Waals surface area contributed by atoms with Gasteiger partial charge < -0.3 is 15.6 Å². The predicted octanol–water partition coefficient (Wildman–Crippen LogP) is 6.41. The summed E-state index contributed by atoms with van der Waals surface area (Å²) in [4.78, 5) is 22.6. The topological polar surface area (TPSA) is 89.6 Å². The van der Waals surface area contributed by atoms with Gasteiger partial charge in [-0.15, -0.1) is 0 Å². The second-order valence-corrected chi connectivity index (χ2v) is 12.1. The van der Waals surface area contributed by atoms with Crippen LogP contribution in [0.1, 0.15) is 97.0 Å². The number of hydrogen-bond donors (Lipinski definition) is 2. The molecule has 4 aliphatic rings. The van der Waals surface area contributed by atoms with Crippen LogP contribution < -0.4 is 5.73 Å². The molecule has 1 amide bonds. The summed E-state index contributed by atoms with van der Waals surface area (Å²) in [6.45, 7) is 4.68. The largest absolute Gasteiger partial charge is 0.478 e. The average Bonchev–Trinajstić information content (AvgIpc) is 2.87. The molecule has 0 atom stereocenters. The molecule has 4 saturated carbocycles. The van der Waals surface area contributed by atoms with E-state index < -0.39 is 11.9 Å². The number of carbonyl (C=O) groups excluding carboxylic acids is 1. The van der Waals surface area contributed by atoms with E-state index in [9.17, 15) is 14.7 Å². The first-order chi connectivity index (χ1) is 18.3. The number of nitrogens with two attached hydrogens (primary N) is 1. The van der Waals surface area contributed by atoms with Crippen molar-refractivity contribution in [1.82, 2.24) is 0 Å². The van der Waals surface area contributed by atoms with Crippen LogP contribution in [0.2, 0.25) is 0 Å². The Hall–Kier alpha value is -2.92. The molecule has 2 aromatic rings. The van der Waals surface area contributed by atoms with Gasteiger partial charge in [0.25, 0.3) is 0 Å². The normalized spacial score (nSPS) is 26.1. The van der Waals surface area contributed by atoms with Crippen LogP contribution >= 0.6 is 0 Å². The molecule has 3 N–H and O–H groups in total. The number of hydrogen-bond acceptors (Lipinski definition) is 3. The second-order valence-electron chi connectivity index (χ2n) is 12.1. The van der Waals surface area contributed by atoms with Gasteiger partial charge >= 0.3 is 5.97 Å². The average molecular weight is 516 g/mol. The van der Waals surface area contributed by atoms with Gasteiger partial charge in [0.15, 0.2) is 0 Å². The van der Waals surface area contributed by atoms with Crippen molar-refractivity contribution in [2.45, 2.75) is 77.0 Å². The number of carboxylic acid groups (broad SMARTS) is 1. The molecule has 38 heavy (non-hydrogen) atoms. The molecule has 202 valence electrons. The Morgan fingerprint density at radius 1 is 1.03 bits per heavy atom. The molecule has 0 saturated heterocycles. The lowest BCUT2D eigenvalue weighted by Crippen LogP contribution is -2.49. The van der Waals surface area contributed by atoms with Gasteiger partial charge in [-0.3, -0.25) is 4.79 Å². The summed E-state index contributed by atoms with van der Waals surface area (Å²) in [5.74, 6) is 1.31. The number of carboxylic acids is 1. The van der Waals surface area contributed by atoms with Crippen LogP contribution in [0, 0.1) is 17.8 Å². The van der Waals surface area contributed by atoms with Gasteiger partial charge in [-0.05, 0) is 127 Å². The van der Waals surface area contributed by atoms with E-state index in [1.807, 2.05) is 19.1 Å². The van der Waals surface area contributed by atoms with E-state index >= 15 is 0 Å². The minimum atomic E-state index is -0.870. The molecule has 0 heterocycles. The van der Waals surface area contributed by atoms with Gasteiger partial charge in [-0.25, -0.2) is 4.79 Å². The molecule has 4 fully saturated rings. The standard InChI is InChI=1S/C33H41NO4/c1-3-26-15-22(6-9-29(26)32(36)37)11-21(2)28-8-7-27(5-4-10-38-20-31(34)35)30(16-28)33-17-23-12-24(18-33)14-25(13-23)19-33/h6-9,11,15-16,23-25H,3-5,10,12-14,17-20H2,1-2H3,(H2,34,35)(H,36,37)/b21-11+. The van der Waals surface area contributed by atoms with E-state index in [-0.39, 0.29) is 12.0 Å². The maximum Gasteiger partial charge on any atom is 0.335 e. The molecule has 6 rings (SSSR count). The summed E-state index contributed by atoms with van der Waals surface area (Å²) in [5, 5.41) is 9.49. The zero-order chi connectivity index (χ0) is 26.9. The Kier molecular flexibility index (Phi) is 7.76. The molecule has 4 aliphatic carbocycles. The fourth-order valence-electron chi connectivity index (χ4n) is 8.05. The molecular formula is C33H41NO4. The van der Waals surface area contributed by atoms with Crippen molar-refractivity contribution in [3.8, 4) is 0 Å². The van der Waals surface area contributed by atoms with Crippen LogP contribution in [-0.2, 0) is 27.8 Å². The maximum absolute atomic E-state index is 11.6. The highest BCUT2D eigenvalue weighted by Gasteiger charge is 2.52. The third kappa shape index (κ3) is 5.58. The van der Waals surface area contributed by atoms with E-state index in [0.717, 1.165) is 41.7 Å². The fourth-order valence-corrected chi connectivity index (χ4v) is 8.05. The smallest absolute Gasteiger partial charge is 0.335 e. The van der Waals surface area contributed by atoms with Crippen LogP contribution in [0.5, 0.6) is 0 Å². The van der Waals surface area contributed by atoms with Crippen molar-refractivity contribution in [2.24, 2.45) is 23.5 Å². The lowest BCUT2D eigenvalue weighted by Gasteiger charge is -2.57. The molecule has 0 aliphatic heterocycles. The molecule has 5 heteroatoms. The molecule has 0 spiro atoms. The minimum absolute atomic E-state index is 0.0159. The number of allylic oxidation sites excluding steroid dienone is 1. The highest BCUT2D eigenvalue weighted by molar-refractivity contribution is 5.90. The van der Waals surface area contributed by atoms with E-state index in [0.29, 0.717) is 18.6 Å². The second kappa shape index (κ2) is 11.1. The lowest BCUT2D eigenvalue weighted by atomic mass is 9.47. The molecule has 0 aromatic heterocycles. The first kappa shape index (κ1) is 26.7. The number of carbonyl (C=O) groups is 2. The number of aryl methyl sites for hydroxylation is 2. The van der Waals surface area contributed by atoms with E-state index in [1.165, 1.54) is 60.8 Å². The maximum atomic E-state index is 11.6. The van der Waals surface area contributed by atoms with Crippen molar-refractivity contribution in [3.05, 3.63) is 69.8 Å². The summed E-state index contributed by atoms with van der Waals surface area (Å²) in [6, 6.07) is 12.7. The van der Waals surface area contributed by atoms with Crippen molar-refractivity contribution >= 4 is 23.5 Å². The summed E-state index contributed by atoms with van der Waals surface area (Å²) in [5.41, 5.74) is 13.2. The highest BCUT2D eigenvalue weighted by atomic mass is 16.5. The third-order valence-electron chi connectivity index (χ3n) is 9.28. The van der Waals surface area contributed by atoms with E-state index in [2.05, 4.69) is 31.2 Å². The number of aromatic carboxylic acids is 1. The third-order valence-corrected chi connectivity index (χ3v) is 9.28. The molecule has 2 aromatic carbocycles. The van der Waals surface area contributed by atoms with Crippen LogP contribution in [0.3, 0.4) is 0 Å². The number of benzene rings is 2. The summed E-state index contributed by atoms with van der Waals surface area (Å²) >= 11 is 0. The Balaban J connectivity index is 1.45. The SMILES string of the molecule is CCc1cc(/C=C(\C)c2ccc(CCCOCC(N)=O)c(C34CC5CC(CC(C5)C3)C4)c2)ccc1C(=O)O. The summed E-state index contributed by atoms with van der Waals surface area (Å²) < 4.78 is 5.46.